The van der Waals surface area contributed by atoms with Crippen molar-refractivity contribution in [2.45, 2.75) is 13.0 Å². The lowest BCUT2D eigenvalue weighted by atomic mass is 10.1. The van der Waals surface area contributed by atoms with Gasteiger partial charge in [-0.1, -0.05) is 48.0 Å². The fourth-order valence-corrected chi connectivity index (χ4v) is 2.08. The predicted molar refractivity (Wildman–Crippen MR) is 81.0 cm³/mol. The lowest BCUT2D eigenvalue weighted by Crippen LogP contribution is -2.22. The van der Waals surface area contributed by atoms with Gasteiger partial charge in [-0.3, -0.25) is 4.79 Å². The standard InChI is InChI=1S/C16H16ClNO2/c1-11-8-9-13(10-14(11)17)18-16(19)15(20-2)12-6-4-3-5-7-12/h3-10,15H,1-2H3,(H,18,19)/t15-/m1/s1. The first-order chi connectivity index (χ1) is 9.61. The normalized spacial score (nSPS) is 11.9. The maximum Gasteiger partial charge on any atom is 0.258 e. The smallest absolute Gasteiger partial charge is 0.258 e. The number of hydrogen-bond donors (Lipinski definition) is 1. The van der Waals surface area contributed by atoms with Crippen LogP contribution in [0.5, 0.6) is 0 Å². The minimum absolute atomic E-state index is 0.224. The molecule has 0 aliphatic rings. The van der Waals surface area contributed by atoms with Crippen molar-refractivity contribution in [1.29, 1.82) is 0 Å². The van der Waals surface area contributed by atoms with Gasteiger partial charge in [-0.05, 0) is 30.2 Å². The fraction of sp³-hybridized carbons (Fsp3) is 0.188. The second kappa shape index (κ2) is 6.55. The Morgan fingerprint density at radius 1 is 1.20 bits per heavy atom. The van der Waals surface area contributed by atoms with E-state index in [1.807, 2.05) is 49.4 Å². The highest BCUT2D eigenvalue weighted by molar-refractivity contribution is 6.31. The molecular weight excluding hydrogens is 274 g/mol. The van der Waals surface area contributed by atoms with Crippen molar-refractivity contribution in [2.24, 2.45) is 0 Å². The maximum atomic E-state index is 12.3. The third-order valence-electron chi connectivity index (χ3n) is 3.02. The summed E-state index contributed by atoms with van der Waals surface area (Å²) in [5, 5.41) is 3.43. The third-order valence-corrected chi connectivity index (χ3v) is 3.42. The Morgan fingerprint density at radius 3 is 2.50 bits per heavy atom. The highest BCUT2D eigenvalue weighted by Crippen LogP contribution is 2.22. The van der Waals surface area contributed by atoms with Crippen LogP contribution < -0.4 is 5.32 Å². The Hall–Kier alpha value is -1.84. The Labute approximate surface area is 123 Å². The number of nitrogens with one attached hydrogen (secondary N) is 1. The first kappa shape index (κ1) is 14.6. The van der Waals surface area contributed by atoms with Crippen molar-refractivity contribution in [2.75, 3.05) is 12.4 Å². The average Bonchev–Trinajstić information content (AvgIpc) is 2.45. The maximum absolute atomic E-state index is 12.3. The zero-order valence-corrected chi connectivity index (χ0v) is 12.1. The number of amides is 1. The van der Waals surface area contributed by atoms with Crippen LogP contribution in [-0.2, 0) is 9.53 Å². The van der Waals surface area contributed by atoms with Crippen LogP contribution in [0.15, 0.2) is 48.5 Å². The van der Waals surface area contributed by atoms with Gasteiger partial charge in [0.1, 0.15) is 0 Å². The molecule has 1 amide bonds. The van der Waals surface area contributed by atoms with Crippen molar-refractivity contribution in [1.82, 2.24) is 0 Å². The summed E-state index contributed by atoms with van der Waals surface area (Å²) in [6.07, 6.45) is -0.642. The van der Waals surface area contributed by atoms with Gasteiger partial charge in [-0.25, -0.2) is 0 Å². The summed E-state index contributed by atoms with van der Waals surface area (Å²) in [4.78, 5) is 12.3. The summed E-state index contributed by atoms with van der Waals surface area (Å²) in [7, 11) is 1.51. The molecule has 0 aliphatic heterocycles. The molecule has 0 fully saturated rings. The second-order valence-corrected chi connectivity index (χ2v) is 4.89. The van der Waals surface area contributed by atoms with Crippen LogP contribution in [0.2, 0.25) is 5.02 Å². The molecule has 20 heavy (non-hydrogen) atoms. The van der Waals surface area contributed by atoms with Gasteiger partial charge in [-0.2, -0.15) is 0 Å². The van der Waals surface area contributed by atoms with Crippen molar-refractivity contribution < 1.29 is 9.53 Å². The molecule has 0 bridgehead atoms. The largest absolute Gasteiger partial charge is 0.367 e. The van der Waals surface area contributed by atoms with Gasteiger partial charge in [0.15, 0.2) is 6.10 Å². The molecule has 1 N–H and O–H groups in total. The van der Waals surface area contributed by atoms with E-state index in [1.54, 1.807) is 6.07 Å². The van der Waals surface area contributed by atoms with Crippen molar-refractivity contribution in [3.63, 3.8) is 0 Å². The quantitative estimate of drug-likeness (QED) is 0.925. The van der Waals surface area contributed by atoms with Crippen LogP contribution in [-0.4, -0.2) is 13.0 Å². The number of carbonyl (C=O) groups excluding carboxylic acids is 1. The first-order valence-electron chi connectivity index (χ1n) is 6.26. The molecule has 3 nitrogen and oxygen atoms in total. The number of hydrogen-bond acceptors (Lipinski definition) is 2. The highest BCUT2D eigenvalue weighted by atomic mass is 35.5. The van der Waals surface area contributed by atoms with Gasteiger partial charge >= 0.3 is 0 Å². The Balaban J connectivity index is 2.15. The van der Waals surface area contributed by atoms with E-state index in [0.717, 1.165) is 11.1 Å². The molecule has 0 spiro atoms. The topological polar surface area (TPSA) is 38.3 Å². The summed E-state index contributed by atoms with van der Waals surface area (Å²) >= 11 is 6.05. The number of aryl methyl sites for hydroxylation is 1. The molecule has 1 atom stereocenters. The number of anilines is 1. The van der Waals surface area contributed by atoms with Crippen LogP contribution >= 0.6 is 11.6 Å². The second-order valence-electron chi connectivity index (χ2n) is 4.48. The fourth-order valence-electron chi connectivity index (χ4n) is 1.90. The van der Waals surface area contributed by atoms with E-state index in [9.17, 15) is 4.79 Å². The molecule has 0 unspecified atom stereocenters. The molecule has 0 saturated carbocycles. The van der Waals surface area contributed by atoms with E-state index in [1.165, 1.54) is 7.11 Å². The highest BCUT2D eigenvalue weighted by Gasteiger charge is 2.19. The van der Waals surface area contributed by atoms with Crippen molar-refractivity contribution >= 4 is 23.2 Å². The summed E-state index contributed by atoms with van der Waals surface area (Å²) in [5.41, 5.74) is 2.44. The number of carbonyl (C=O) groups is 1. The monoisotopic (exact) mass is 289 g/mol. The lowest BCUT2D eigenvalue weighted by Gasteiger charge is -2.16. The summed E-state index contributed by atoms with van der Waals surface area (Å²) in [6, 6.07) is 14.8. The summed E-state index contributed by atoms with van der Waals surface area (Å²) in [5.74, 6) is -0.224. The number of methoxy groups -OCH3 is 1. The molecule has 0 radical (unpaired) electrons. The van der Waals surface area contributed by atoms with E-state index in [4.69, 9.17) is 16.3 Å². The predicted octanol–water partition coefficient (Wildman–Crippen LogP) is 3.97. The van der Waals surface area contributed by atoms with Gasteiger partial charge in [-0.15, -0.1) is 0 Å². The number of benzene rings is 2. The van der Waals surface area contributed by atoms with Crippen LogP contribution in [0.1, 0.15) is 17.2 Å². The van der Waals surface area contributed by atoms with E-state index in [0.29, 0.717) is 10.7 Å². The van der Waals surface area contributed by atoms with Crippen LogP contribution in [0.4, 0.5) is 5.69 Å². The minimum atomic E-state index is -0.642. The Morgan fingerprint density at radius 2 is 1.90 bits per heavy atom. The zero-order chi connectivity index (χ0) is 14.5. The van der Waals surface area contributed by atoms with Crippen LogP contribution in [0.3, 0.4) is 0 Å². The van der Waals surface area contributed by atoms with E-state index < -0.39 is 6.10 Å². The summed E-state index contributed by atoms with van der Waals surface area (Å²) < 4.78 is 5.28. The van der Waals surface area contributed by atoms with Crippen molar-refractivity contribution in [3.05, 3.63) is 64.7 Å². The molecular formula is C16H16ClNO2. The molecule has 2 aromatic carbocycles. The zero-order valence-electron chi connectivity index (χ0n) is 11.4. The summed E-state index contributed by atoms with van der Waals surface area (Å²) in [6.45, 7) is 1.91. The van der Waals surface area contributed by atoms with Gasteiger partial charge in [0, 0.05) is 17.8 Å². The van der Waals surface area contributed by atoms with Gasteiger partial charge in [0.25, 0.3) is 5.91 Å². The van der Waals surface area contributed by atoms with Gasteiger partial charge in [0.2, 0.25) is 0 Å². The average molecular weight is 290 g/mol. The van der Waals surface area contributed by atoms with E-state index in [2.05, 4.69) is 5.32 Å². The molecule has 4 heteroatoms. The third kappa shape index (κ3) is 3.38. The molecule has 2 rings (SSSR count). The van der Waals surface area contributed by atoms with Gasteiger partial charge < -0.3 is 10.1 Å². The van der Waals surface area contributed by atoms with E-state index in [-0.39, 0.29) is 5.91 Å². The molecule has 0 saturated heterocycles. The SMILES string of the molecule is CO[C@@H](C(=O)Nc1ccc(C)c(Cl)c1)c1ccccc1. The first-order valence-corrected chi connectivity index (χ1v) is 6.64. The number of ether oxygens (including phenoxy) is 1. The Kier molecular flexibility index (Phi) is 4.77. The Bertz CT molecular complexity index is 599. The van der Waals surface area contributed by atoms with Gasteiger partial charge in [0.05, 0.1) is 0 Å². The van der Waals surface area contributed by atoms with Crippen LogP contribution in [0, 0.1) is 6.92 Å². The van der Waals surface area contributed by atoms with Crippen LogP contribution in [0.25, 0.3) is 0 Å². The van der Waals surface area contributed by atoms with Crippen molar-refractivity contribution in [3.8, 4) is 0 Å². The number of halogens is 1. The molecule has 0 aromatic heterocycles. The van der Waals surface area contributed by atoms with E-state index >= 15 is 0 Å². The minimum Gasteiger partial charge on any atom is -0.367 e. The molecule has 0 aliphatic carbocycles. The molecule has 2 aromatic rings. The molecule has 104 valence electrons. The molecule has 0 heterocycles. The lowest BCUT2D eigenvalue weighted by molar-refractivity contribution is -0.126. The number of rotatable bonds is 4.